The Hall–Kier alpha value is -1.99. The number of nitrogens with zero attached hydrogens (tertiary/aromatic N) is 2. The van der Waals surface area contributed by atoms with Gasteiger partial charge < -0.3 is 5.11 Å². The third-order valence-corrected chi connectivity index (χ3v) is 5.63. The summed E-state index contributed by atoms with van der Waals surface area (Å²) in [6, 6.07) is 7.66. The van der Waals surface area contributed by atoms with Crippen molar-refractivity contribution in [2.24, 2.45) is 0 Å². The monoisotopic (exact) mass is 420 g/mol. The van der Waals surface area contributed by atoms with Crippen molar-refractivity contribution in [2.75, 3.05) is 0 Å². The first kappa shape index (κ1) is 17.8. The minimum Gasteiger partial charge on any atom is -0.480 e. The van der Waals surface area contributed by atoms with Crippen molar-refractivity contribution in [3.63, 3.8) is 0 Å². The molecule has 0 fully saturated rings. The van der Waals surface area contributed by atoms with E-state index in [2.05, 4.69) is 20.9 Å². The summed E-state index contributed by atoms with van der Waals surface area (Å²) < 4.78 is 2.26. The molecule has 25 heavy (non-hydrogen) atoms. The first-order valence-electron chi connectivity index (χ1n) is 7.80. The number of aryl methyl sites for hydroxylation is 1. The van der Waals surface area contributed by atoms with E-state index >= 15 is 0 Å². The molecule has 0 atom stereocenters. The van der Waals surface area contributed by atoms with Gasteiger partial charge in [0.15, 0.2) is 0 Å². The summed E-state index contributed by atoms with van der Waals surface area (Å²) in [4.78, 5) is 30.2. The molecular formula is C18H17BrN2O3S. The number of carboxylic acids is 1. The molecule has 2 aromatic heterocycles. The maximum absolute atomic E-state index is 13.2. The van der Waals surface area contributed by atoms with E-state index in [9.17, 15) is 14.7 Å². The fourth-order valence-corrected chi connectivity index (χ4v) is 4.01. The third kappa shape index (κ3) is 2.91. The highest BCUT2D eigenvalue weighted by atomic mass is 79.9. The normalized spacial score (nSPS) is 11.8. The molecule has 0 unspecified atom stereocenters. The van der Waals surface area contributed by atoms with E-state index in [0.717, 1.165) is 15.6 Å². The smallest absolute Gasteiger partial charge is 0.329 e. The van der Waals surface area contributed by atoms with Gasteiger partial charge in [-0.1, -0.05) is 35.0 Å². The van der Waals surface area contributed by atoms with Gasteiger partial charge in [0.05, 0.1) is 5.39 Å². The van der Waals surface area contributed by atoms with E-state index in [1.54, 1.807) is 0 Å². The number of rotatable bonds is 4. The Bertz CT molecular complexity index is 1020. The minimum atomic E-state index is -1.37. The SMILES string of the molecule is CCc1nc2scc(-c3ccc(Br)cc3)c2c(=O)n1C(C)(C)C(=O)O. The van der Waals surface area contributed by atoms with Crippen molar-refractivity contribution in [1.29, 1.82) is 0 Å². The lowest BCUT2D eigenvalue weighted by molar-refractivity contribution is -0.146. The van der Waals surface area contributed by atoms with Crippen LogP contribution in [0, 0.1) is 0 Å². The van der Waals surface area contributed by atoms with Crippen molar-refractivity contribution in [1.82, 2.24) is 9.55 Å². The molecule has 130 valence electrons. The first-order chi connectivity index (χ1) is 11.8. The van der Waals surface area contributed by atoms with Gasteiger partial charge in [-0.15, -0.1) is 11.3 Å². The van der Waals surface area contributed by atoms with Crippen LogP contribution in [0.2, 0.25) is 0 Å². The maximum atomic E-state index is 13.2. The van der Waals surface area contributed by atoms with Crippen molar-refractivity contribution >= 4 is 43.5 Å². The second kappa shape index (κ2) is 6.38. The van der Waals surface area contributed by atoms with Crippen molar-refractivity contribution in [2.45, 2.75) is 32.7 Å². The summed E-state index contributed by atoms with van der Waals surface area (Å²) in [5, 5.41) is 12.0. The van der Waals surface area contributed by atoms with Gasteiger partial charge in [0.1, 0.15) is 16.2 Å². The Morgan fingerprint density at radius 2 is 1.96 bits per heavy atom. The third-order valence-electron chi connectivity index (χ3n) is 4.23. The fourth-order valence-electron chi connectivity index (χ4n) is 2.78. The number of carbonyl (C=O) groups is 1. The van der Waals surface area contributed by atoms with Crippen molar-refractivity contribution in [3.8, 4) is 11.1 Å². The minimum absolute atomic E-state index is 0.312. The number of benzene rings is 1. The molecule has 2 heterocycles. The first-order valence-corrected chi connectivity index (χ1v) is 9.47. The molecule has 0 spiro atoms. The van der Waals surface area contributed by atoms with Gasteiger partial charge in [-0.2, -0.15) is 0 Å². The molecule has 0 saturated heterocycles. The summed E-state index contributed by atoms with van der Waals surface area (Å²) in [5.74, 6) is -0.583. The Labute approximate surface area is 157 Å². The predicted molar refractivity (Wildman–Crippen MR) is 103 cm³/mol. The largest absolute Gasteiger partial charge is 0.480 e. The zero-order valence-electron chi connectivity index (χ0n) is 14.0. The Balaban J connectivity index is 2.37. The molecule has 0 aliphatic rings. The van der Waals surface area contributed by atoms with Gasteiger partial charge in [-0.05, 0) is 31.5 Å². The van der Waals surface area contributed by atoms with Gasteiger partial charge in [-0.25, -0.2) is 9.78 Å². The molecule has 0 amide bonds. The summed E-state index contributed by atoms with van der Waals surface area (Å²) in [5.41, 5.74) is -0.00369. The van der Waals surface area contributed by atoms with E-state index in [-0.39, 0.29) is 5.56 Å². The highest BCUT2D eigenvalue weighted by Crippen LogP contribution is 2.32. The van der Waals surface area contributed by atoms with Crippen LogP contribution in [-0.2, 0) is 16.8 Å². The molecule has 0 aliphatic carbocycles. The summed E-state index contributed by atoms with van der Waals surface area (Å²) in [6.45, 7) is 4.91. The van der Waals surface area contributed by atoms with Crippen LogP contribution < -0.4 is 5.56 Å². The van der Waals surface area contributed by atoms with Crippen LogP contribution in [0.5, 0.6) is 0 Å². The zero-order chi connectivity index (χ0) is 18.4. The van der Waals surface area contributed by atoms with Gasteiger partial charge in [0.25, 0.3) is 5.56 Å². The molecule has 1 aromatic carbocycles. The lowest BCUT2D eigenvalue weighted by Crippen LogP contribution is -2.44. The van der Waals surface area contributed by atoms with Crippen LogP contribution in [0.25, 0.3) is 21.3 Å². The number of hydrogen-bond donors (Lipinski definition) is 1. The van der Waals surface area contributed by atoms with Crippen LogP contribution in [-0.4, -0.2) is 20.6 Å². The Morgan fingerprint density at radius 3 is 2.52 bits per heavy atom. The number of aromatic nitrogens is 2. The molecule has 5 nitrogen and oxygen atoms in total. The molecular weight excluding hydrogens is 404 g/mol. The molecule has 0 radical (unpaired) electrons. The molecule has 0 aliphatic heterocycles. The second-order valence-electron chi connectivity index (χ2n) is 6.22. The molecule has 0 saturated carbocycles. The summed E-state index contributed by atoms with van der Waals surface area (Å²) in [6.07, 6.45) is 0.480. The Morgan fingerprint density at radius 1 is 1.32 bits per heavy atom. The van der Waals surface area contributed by atoms with E-state index in [1.807, 2.05) is 36.6 Å². The predicted octanol–water partition coefficient (Wildman–Crippen LogP) is 4.27. The Kier molecular flexibility index (Phi) is 4.55. The van der Waals surface area contributed by atoms with Gasteiger partial charge in [0.2, 0.25) is 0 Å². The quantitative estimate of drug-likeness (QED) is 0.683. The molecule has 0 bridgehead atoms. The fraction of sp³-hybridized carbons (Fsp3) is 0.278. The lowest BCUT2D eigenvalue weighted by Gasteiger charge is -2.25. The zero-order valence-corrected chi connectivity index (χ0v) is 16.4. The summed E-state index contributed by atoms with van der Waals surface area (Å²) >= 11 is 4.81. The highest BCUT2D eigenvalue weighted by molar-refractivity contribution is 9.10. The van der Waals surface area contributed by atoms with Gasteiger partial charge >= 0.3 is 5.97 Å². The lowest BCUT2D eigenvalue weighted by atomic mass is 10.0. The summed E-state index contributed by atoms with van der Waals surface area (Å²) in [7, 11) is 0. The average molecular weight is 421 g/mol. The highest BCUT2D eigenvalue weighted by Gasteiger charge is 2.34. The van der Waals surface area contributed by atoms with Crippen molar-refractivity contribution in [3.05, 3.63) is 50.3 Å². The number of carboxylic acid groups (broad SMARTS) is 1. The van der Waals surface area contributed by atoms with Crippen LogP contribution in [0.3, 0.4) is 0 Å². The number of thiophene rings is 1. The number of fused-ring (bicyclic) bond motifs is 1. The van der Waals surface area contributed by atoms with Crippen LogP contribution >= 0.6 is 27.3 Å². The van der Waals surface area contributed by atoms with Gasteiger partial charge in [-0.3, -0.25) is 9.36 Å². The number of aliphatic carboxylic acids is 1. The topological polar surface area (TPSA) is 72.2 Å². The standard InChI is InChI=1S/C18H17BrN2O3S/c1-4-13-20-15-14(16(22)21(13)18(2,3)17(23)24)12(9-25-15)10-5-7-11(19)8-6-10/h5-9H,4H2,1-3H3,(H,23,24). The van der Waals surface area contributed by atoms with Crippen LogP contribution in [0.4, 0.5) is 0 Å². The molecule has 1 N–H and O–H groups in total. The second-order valence-corrected chi connectivity index (χ2v) is 8.00. The van der Waals surface area contributed by atoms with E-state index < -0.39 is 11.5 Å². The molecule has 7 heteroatoms. The average Bonchev–Trinajstić information content (AvgIpc) is 2.99. The van der Waals surface area contributed by atoms with Crippen LogP contribution in [0.15, 0.2) is 38.9 Å². The van der Waals surface area contributed by atoms with E-state index in [4.69, 9.17) is 0 Å². The number of halogens is 1. The van der Waals surface area contributed by atoms with E-state index in [0.29, 0.717) is 22.5 Å². The number of hydrogen-bond acceptors (Lipinski definition) is 4. The molecule has 3 aromatic rings. The van der Waals surface area contributed by atoms with Crippen molar-refractivity contribution < 1.29 is 9.90 Å². The van der Waals surface area contributed by atoms with Crippen LogP contribution in [0.1, 0.15) is 26.6 Å². The maximum Gasteiger partial charge on any atom is 0.329 e. The van der Waals surface area contributed by atoms with E-state index in [1.165, 1.54) is 29.8 Å². The molecule has 3 rings (SSSR count). The van der Waals surface area contributed by atoms with Gasteiger partial charge in [0, 0.05) is 21.8 Å².